The van der Waals surface area contributed by atoms with Gasteiger partial charge in [0.05, 0.1) is 21.7 Å². The molecule has 8 nitrogen and oxygen atoms in total. The number of amides is 3. The molecule has 2 aliphatic rings. The van der Waals surface area contributed by atoms with Crippen LogP contribution in [-0.2, 0) is 6.42 Å². The van der Waals surface area contributed by atoms with Crippen LogP contribution in [0.5, 0.6) is 0 Å². The van der Waals surface area contributed by atoms with Gasteiger partial charge in [0.25, 0.3) is 23.4 Å². The topological polar surface area (TPSA) is 101 Å². The Morgan fingerprint density at radius 2 is 1.86 bits per heavy atom. The molecule has 0 saturated heterocycles. The SMILES string of the molecule is CCCCN1C(=O)c2ccc(C(=O)N3CCc4ccc([N+](=O)[O-])cc43)cc2C1=O. The Morgan fingerprint density at radius 3 is 2.59 bits per heavy atom. The molecular formula is C21H19N3O5. The summed E-state index contributed by atoms with van der Waals surface area (Å²) in [5, 5.41) is 11.1. The number of carbonyl (C=O) groups excluding carboxylic acids is 3. The Hall–Kier alpha value is -3.55. The van der Waals surface area contributed by atoms with E-state index in [4.69, 9.17) is 0 Å². The van der Waals surface area contributed by atoms with Crippen LogP contribution in [0.4, 0.5) is 11.4 Å². The van der Waals surface area contributed by atoms with E-state index in [0.717, 1.165) is 18.4 Å². The van der Waals surface area contributed by atoms with E-state index in [1.807, 2.05) is 6.92 Å². The number of imide groups is 1. The Balaban J connectivity index is 1.64. The summed E-state index contributed by atoms with van der Waals surface area (Å²) in [7, 11) is 0. The van der Waals surface area contributed by atoms with Gasteiger partial charge >= 0.3 is 0 Å². The first-order chi connectivity index (χ1) is 13.9. The number of fused-ring (bicyclic) bond motifs is 2. The van der Waals surface area contributed by atoms with Gasteiger partial charge in [0.1, 0.15) is 0 Å². The van der Waals surface area contributed by atoms with E-state index in [2.05, 4.69) is 0 Å². The lowest BCUT2D eigenvalue weighted by atomic mass is 10.0. The molecule has 0 N–H and O–H groups in total. The van der Waals surface area contributed by atoms with Gasteiger partial charge in [-0.15, -0.1) is 0 Å². The zero-order chi connectivity index (χ0) is 20.7. The van der Waals surface area contributed by atoms with Crippen LogP contribution in [-0.4, -0.2) is 40.6 Å². The van der Waals surface area contributed by atoms with Crippen LogP contribution in [0.15, 0.2) is 36.4 Å². The molecule has 0 saturated carbocycles. The Bertz CT molecular complexity index is 1060. The van der Waals surface area contributed by atoms with Crippen LogP contribution in [0.1, 0.15) is 56.4 Å². The molecule has 2 aromatic rings. The second kappa shape index (κ2) is 7.12. The van der Waals surface area contributed by atoms with E-state index < -0.39 is 4.92 Å². The van der Waals surface area contributed by atoms with E-state index in [-0.39, 0.29) is 34.5 Å². The quantitative estimate of drug-likeness (QED) is 0.441. The molecule has 0 fully saturated rings. The van der Waals surface area contributed by atoms with Gasteiger partial charge in [0, 0.05) is 30.8 Å². The molecule has 0 bridgehead atoms. The number of nitro benzene ring substituents is 1. The number of hydrogen-bond donors (Lipinski definition) is 0. The van der Waals surface area contributed by atoms with E-state index in [1.54, 1.807) is 6.07 Å². The molecule has 29 heavy (non-hydrogen) atoms. The van der Waals surface area contributed by atoms with Gasteiger partial charge in [-0.2, -0.15) is 0 Å². The van der Waals surface area contributed by atoms with Gasteiger partial charge in [-0.1, -0.05) is 19.4 Å². The van der Waals surface area contributed by atoms with Crippen molar-refractivity contribution in [3.05, 3.63) is 68.8 Å². The van der Waals surface area contributed by atoms with Crippen molar-refractivity contribution in [3.63, 3.8) is 0 Å². The molecular weight excluding hydrogens is 374 g/mol. The number of hydrogen-bond acceptors (Lipinski definition) is 5. The lowest BCUT2D eigenvalue weighted by molar-refractivity contribution is -0.384. The molecule has 0 radical (unpaired) electrons. The number of nitro groups is 1. The lowest BCUT2D eigenvalue weighted by Gasteiger charge is -2.17. The summed E-state index contributed by atoms with van der Waals surface area (Å²) in [5.41, 5.74) is 2.11. The Kier molecular flexibility index (Phi) is 4.62. The van der Waals surface area contributed by atoms with E-state index in [0.29, 0.717) is 30.8 Å². The van der Waals surface area contributed by atoms with Crippen LogP contribution in [0.3, 0.4) is 0 Å². The summed E-state index contributed by atoms with van der Waals surface area (Å²) >= 11 is 0. The highest BCUT2D eigenvalue weighted by molar-refractivity contribution is 6.22. The Labute approximate surface area is 166 Å². The van der Waals surface area contributed by atoms with Gasteiger partial charge in [0.15, 0.2) is 0 Å². The highest BCUT2D eigenvalue weighted by Gasteiger charge is 2.36. The maximum atomic E-state index is 13.1. The van der Waals surface area contributed by atoms with Gasteiger partial charge in [-0.05, 0) is 36.6 Å². The molecule has 8 heteroatoms. The second-order valence-corrected chi connectivity index (χ2v) is 7.15. The highest BCUT2D eigenvalue weighted by Crippen LogP contribution is 2.33. The standard InChI is InChI=1S/C21H19N3O5/c1-2-3-9-23-20(26)16-7-5-14(11-17(16)21(23)27)19(25)22-10-8-13-4-6-15(24(28)29)12-18(13)22/h4-7,11-12H,2-3,8-10H2,1H3. The maximum absolute atomic E-state index is 13.1. The molecule has 2 aliphatic heterocycles. The number of nitrogens with zero attached hydrogens (tertiary/aromatic N) is 3. The largest absolute Gasteiger partial charge is 0.308 e. The fourth-order valence-electron chi connectivity index (χ4n) is 3.79. The smallest absolute Gasteiger partial charge is 0.271 e. The first kappa shape index (κ1) is 18.8. The molecule has 4 rings (SSSR count). The summed E-state index contributed by atoms with van der Waals surface area (Å²) < 4.78 is 0. The summed E-state index contributed by atoms with van der Waals surface area (Å²) in [5.74, 6) is -1.07. The summed E-state index contributed by atoms with van der Waals surface area (Å²) in [6, 6.07) is 8.99. The summed E-state index contributed by atoms with van der Waals surface area (Å²) in [4.78, 5) is 51.5. The number of unbranched alkanes of at least 4 members (excludes halogenated alkanes) is 1. The first-order valence-electron chi connectivity index (χ1n) is 9.51. The van der Waals surface area contributed by atoms with Crippen molar-refractivity contribution in [2.45, 2.75) is 26.2 Å². The number of rotatable bonds is 5. The minimum absolute atomic E-state index is 0.0789. The molecule has 0 spiro atoms. The van der Waals surface area contributed by atoms with Crippen molar-refractivity contribution in [3.8, 4) is 0 Å². The molecule has 0 atom stereocenters. The average Bonchev–Trinajstić information content (AvgIpc) is 3.25. The van der Waals surface area contributed by atoms with Crippen molar-refractivity contribution in [2.24, 2.45) is 0 Å². The number of anilines is 1. The average molecular weight is 393 g/mol. The third-order valence-electron chi connectivity index (χ3n) is 5.37. The summed E-state index contributed by atoms with van der Waals surface area (Å²) in [6.45, 7) is 2.74. The minimum atomic E-state index is -0.494. The van der Waals surface area contributed by atoms with E-state index in [1.165, 1.54) is 40.1 Å². The monoisotopic (exact) mass is 393 g/mol. The van der Waals surface area contributed by atoms with Gasteiger partial charge in [-0.25, -0.2) is 0 Å². The predicted octanol–water partition coefficient (Wildman–Crippen LogP) is 3.19. The predicted molar refractivity (Wildman–Crippen MR) is 105 cm³/mol. The minimum Gasteiger partial charge on any atom is -0.308 e. The second-order valence-electron chi connectivity index (χ2n) is 7.15. The van der Waals surface area contributed by atoms with Crippen molar-refractivity contribution in [1.29, 1.82) is 0 Å². The van der Waals surface area contributed by atoms with E-state index in [9.17, 15) is 24.5 Å². The van der Waals surface area contributed by atoms with Crippen molar-refractivity contribution in [1.82, 2.24) is 4.90 Å². The zero-order valence-corrected chi connectivity index (χ0v) is 15.9. The van der Waals surface area contributed by atoms with Gasteiger partial charge in [-0.3, -0.25) is 29.4 Å². The van der Waals surface area contributed by atoms with Crippen LogP contribution < -0.4 is 4.90 Å². The maximum Gasteiger partial charge on any atom is 0.271 e. The highest BCUT2D eigenvalue weighted by atomic mass is 16.6. The van der Waals surface area contributed by atoms with Crippen molar-refractivity contribution in [2.75, 3.05) is 18.0 Å². The third kappa shape index (κ3) is 3.06. The summed E-state index contributed by atoms with van der Waals surface area (Å²) in [6.07, 6.45) is 2.18. The number of benzene rings is 2. The zero-order valence-electron chi connectivity index (χ0n) is 15.9. The van der Waals surface area contributed by atoms with Crippen LogP contribution >= 0.6 is 0 Å². The third-order valence-corrected chi connectivity index (χ3v) is 5.37. The van der Waals surface area contributed by atoms with Gasteiger partial charge < -0.3 is 4.90 Å². The molecule has 148 valence electrons. The molecule has 0 aromatic heterocycles. The number of non-ortho nitro benzene ring substituents is 1. The van der Waals surface area contributed by atoms with Crippen LogP contribution in [0.2, 0.25) is 0 Å². The molecule has 2 heterocycles. The fourth-order valence-corrected chi connectivity index (χ4v) is 3.79. The van der Waals surface area contributed by atoms with Gasteiger partial charge in [0.2, 0.25) is 0 Å². The Morgan fingerprint density at radius 1 is 1.10 bits per heavy atom. The molecule has 2 aromatic carbocycles. The number of carbonyl (C=O) groups is 3. The van der Waals surface area contributed by atoms with Crippen molar-refractivity contribution >= 4 is 29.1 Å². The first-order valence-corrected chi connectivity index (χ1v) is 9.51. The molecule has 0 unspecified atom stereocenters. The fraction of sp³-hybridized carbons (Fsp3) is 0.286. The normalized spacial score (nSPS) is 14.9. The van der Waals surface area contributed by atoms with Crippen LogP contribution in [0.25, 0.3) is 0 Å². The molecule has 0 aliphatic carbocycles. The molecule has 3 amide bonds. The lowest BCUT2D eigenvalue weighted by Crippen LogP contribution is -2.30. The van der Waals surface area contributed by atoms with Crippen molar-refractivity contribution < 1.29 is 19.3 Å². The van der Waals surface area contributed by atoms with E-state index >= 15 is 0 Å². The van der Waals surface area contributed by atoms with Crippen LogP contribution in [0, 0.1) is 10.1 Å².